The summed E-state index contributed by atoms with van der Waals surface area (Å²) in [5.74, 6) is 0.575. The van der Waals surface area contributed by atoms with Crippen LogP contribution in [0.1, 0.15) is 24.1 Å². The molecule has 3 heterocycles. The van der Waals surface area contributed by atoms with Gasteiger partial charge in [-0.15, -0.1) is 0 Å². The molecular weight excluding hydrogens is 507 g/mol. The third kappa shape index (κ3) is 6.67. The van der Waals surface area contributed by atoms with Gasteiger partial charge in [0.05, 0.1) is 22.2 Å². The number of hydrogen-bond acceptors (Lipinski definition) is 9. The Labute approximate surface area is 214 Å². The number of fused-ring (bicyclic) bond motifs is 1. The fourth-order valence-electron chi connectivity index (χ4n) is 3.48. The van der Waals surface area contributed by atoms with Gasteiger partial charge < -0.3 is 20.2 Å². The zero-order valence-corrected chi connectivity index (χ0v) is 20.9. The standard InChI is InChI=1S/C24H24F3N7O2S/c1-14-10-35-20(32-14)11-36-19-9-30-21-18(34-19)5-6-29-22(21)33-16-3-4-17(27)15(7-16)8-24(2,12-25)37-23(28)31-13-26/h3-7,9-10H,8,11-13H2,1-2H3,(H2,28,31)(H,29,33)/t24-/m1/s1. The normalized spacial score (nSPS) is 13.5. The number of oxazole rings is 1. The maximum Gasteiger partial charge on any atom is 0.233 e. The summed E-state index contributed by atoms with van der Waals surface area (Å²) in [6, 6.07) is 6.03. The zero-order chi connectivity index (χ0) is 26.4. The number of halogens is 3. The van der Waals surface area contributed by atoms with Crippen molar-refractivity contribution in [2.24, 2.45) is 10.7 Å². The second-order valence-corrected chi connectivity index (χ2v) is 9.92. The van der Waals surface area contributed by atoms with E-state index in [1.807, 2.05) is 6.92 Å². The molecule has 0 spiro atoms. The molecule has 0 aliphatic carbocycles. The van der Waals surface area contributed by atoms with E-state index in [0.717, 1.165) is 17.5 Å². The van der Waals surface area contributed by atoms with Gasteiger partial charge in [0.2, 0.25) is 11.8 Å². The first-order chi connectivity index (χ1) is 17.8. The van der Waals surface area contributed by atoms with E-state index in [-0.39, 0.29) is 29.6 Å². The molecule has 0 bridgehead atoms. The highest BCUT2D eigenvalue weighted by atomic mass is 32.2. The van der Waals surface area contributed by atoms with Gasteiger partial charge in [-0.1, -0.05) is 11.8 Å². The Kier molecular flexibility index (Phi) is 8.11. The first-order valence-electron chi connectivity index (χ1n) is 11.1. The molecule has 0 saturated heterocycles. The van der Waals surface area contributed by atoms with Crippen molar-refractivity contribution >= 4 is 39.5 Å². The maximum absolute atomic E-state index is 14.6. The van der Waals surface area contributed by atoms with E-state index >= 15 is 0 Å². The Bertz CT molecular complexity index is 1420. The Morgan fingerprint density at radius 2 is 2.08 bits per heavy atom. The Hall–Kier alpha value is -3.87. The lowest BCUT2D eigenvalue weighted by Crippen LogP contribution is -2.30. The highest BCUT2D eigenvalue weighted by Gasteiger charge is 2.29. The quantitative estimate of drug-likeness (QED) is 0.165. The molecule has 0 fully saturated rings. The molecule has 1 atom stereocenters. The smallest absolute Gasteiger partial charge is 0.233 e. The summed E-state index contributed by atoms with van der Waals surface area (Å²) in [7, 11) is 0. The van der Waals surface area contributed by atoms with E-state index < -0.39 is 24.0 Å². The number of hydrogen-bond donors (Lipinski definition) is 2. The van der Waals surface area contributed by atoms with Crippen molar-refractivity contribution in [3.05, 3.63) is 65.9 Å². The number of pyridine rings is 1. The van der Waals surface area contributed by atoms with E-state index in [0.29, 0.717) is 28.4 Å². The van der Waals surface area contributed by atoms with Crippen molar-refractivity contribution in [2.45, 2.75) is 31.6 Å². The van der Waals surface area contributed by atoms with Gasteiger partial charge in [-0.3, -0.25) is 0 Å². The second-order valence-electron chi connectivity index (χ2n) is 8.32. The van der Waals surface area contributed by atoms with Gasteiger partial charge in [-0.25, -0.2) is 38.1 Å². The molecule has 4 aromatic rings. The van der Waals surface area contributed by atoms with Gasteiger partial charge in [0.15, 0.2) is 24.4 Å². The number of nitrogens with two attached hydrogens (primary N) is 1. The molecule has 3 N–H and O–H groups in total. The minimum atomic E-state index is -1.13. The summed E-state index contributed by atoms with van der Waals surface area (Å²) < 4.78 is 50.7. The second kappa shape index (κ2) is 11.5. The largest absolute Gasteiger partial charge is 0.467 e. The van der Waals surface area contributed by atoms with Crippen molar-refractivity contribution in [1.29, 1.82) is 0 Å². The van der Waals surface area contributed by atoms with E-state index in [9.17, 15) is 13.2 Å². The Balaban J connectivity index is 1.52. The minimum absolute atomic E-state index is 0.00839. The van der Waals surface area contributed by atoms with Gasteiger partial charge in [0.25, 0.3) is 0 Å². The number of amidine groups is 1. The van der Waals surface area contributed by atoms with E-state index in [2.05, 4.69) is 30.2 Å². The molecule has 0 saturated carbocycles. The molecule has 1 aromatic carbocycles. The SMILES string of the molecule is Cc1coc(COc2cnc3c(Nc4ccc(F)c(C[C@](C)(CF)S/C(N)=N\CF)c4)nccc3n2)n1. The molecular formula is C24H24F3N7O2S. The number of benzene rings is 1. The molecule has 194 valence electrons. The third-order valence-corrected chi connectivity index (χ3v) is 6.25. The van der Waals surface area contributed by atoms with Crippen LogP contribution in [-0.2, 0) is 13.0 Å². The maximum atomic E-state index is 14.6. The molecule has 13 heteroatoms. The minimum Gasteiger partial charge on any atom is -0.467 e. The average Bonchev–Trinajstić information content (AvgIpc) is 3.30. The fraction of sp³-hybridized carbons (Fsp3) is 0.292. The van der Waals surface area contributed by atoms with E-state index in [4.69, 9.17) is 14.9 Å². The number of ether oxygens (including phenoxy) is 1. The number of rotatable bonds is 10. The van der Waals surface area contributed by atoms with Crippen molar-refractivity contribution < 1.29 is 22.3 Å². The highest BCUT2D eigenvalue weighted by molar-refractivity contribution is 8.15. The van der Waals surface area contributed by atoms with Gasteiger partial charge in [0.1, 0.15) is 24.3 Å². The number of aliphatic imine (C=N–C) groups is 1. The molecule has 37 heavy (non-hydrogen) atoms. The number of alkyl halides is 2. The summed E-state index contributed by atoms with van der Waals surface area (Å²) >= 11 is 0.865. The number of anilines is 2. The van der Waals surface area contributed by atoms with Crippen LogP contribution in [0.5, 0.6) is 5.88 Å². The van der Waals surface area contributed by atoms with Crippen molar-refractivity contribution in [2.75, 3.05) is 18.8 Å². The number of aromatic nitrogens is 4. The van der Waals surface area contributed by atoms with Crippen LogP contribution in [0.4, 0.5) is 24.7 Å². The van der Waals surface area contributed by atoms with E-state index in [1.165, 1.54) is 24.6 Å². The molecule has 0 aliphatic rings. The summed E-state index contributed by atoms with van der Waals surface area (Å²) in [6.45, 7) is 1.65. The van der Waals surface area contributed by atoms with Gasteiger partial charge in [-0.2, -0.15) is 0 Å². The van der Waals surface area contributed by atoms with Crippen molar-refractivity contribution in [3.8, 4) is 5.88 Å². The fourth-order valence-corrected chi connectivity index (χ4v) is 4.38. The Morgan fingerprint density at radius 1 is 1.24 bits per heavy atom. The lowest BCUT2D eigenvalue weighted by molar-refractivity contribution is 0.253. The molecule has 0 radical (unpaired) electrons. The first-order valence-corrected chi connectivity index (χ1v) is 11.9. The summed E-state index contributed by atoms with van der Waals surface area (Å²) in [4.78, 5) is 20.8. The van der Waals surface area contributed by atoms with Crippen LogP contribution in [0.3, 0.4) is 0 Å². The molecule has 0 aliphatic heterocycles. The van der Waals surface area contributed by atoms with Crippen LogP contribution in [0.25, 0.3) is 11.0 Å². The highest BCUT2D eigenvalue weighted by Crippen LogP contribution is 2.32. The summed E-state index contributed by atoms with van der Waals surface area (Å²) in [5.41, 5.74) is 8.13. The molecule has 0 unspecified atom stereocenters. The van der Waals surface area contributed by atoms with Crippen LogP contribution in [0.15, 0.2) is 52.3 Å². The number of aryl methyl sites for hydroxylation is 1. The first kappa shape index (κ1) is 26.2. The monoisotopic (exact) mass is 531 g/mol. The van der Waals surface area contributed by atoms with Gasteiger partial charge in [0, 0.05) is 11.9 Å². The summed E-state index contributed by atoms with van der Waals surface area (Å²) in [5, 5.41) is 3.01. The van der Waals surface area contributed by atoms with Gasteiger partial charge >= 0.3 is 0 Å². The molecule has 9 nitrogen and oxygen atoms in total. The predicted molar refractivity (Wildman–Crippen MR) is 136 cm³/mol. The van der Waals surface area contributed by atoms with Gasteiger partial charge in [-0.05, 0) is 50.1 Å². The molecule has 3 aromatic heterocycles. The van der Waals surface area contributed by atoms with E-state index in [1.54, 1.807) is 25.3 Å². The Morgan fingerprint density at radius 3 is 2.81 bits per heavy atom. The van der Waals surface area contributed by atoms with Crippen molar-refractivity contribution in [3.63, 3.8) is 0 Å². The predicted octanol–water partition coefficient (Wildman–Crippen LogP) is 5.03. The molecule has 4 rings (SSSR count). The number of nitrogens with zero attached hydrogens (tertiary/aromatic N) is 5. The number of thioether (sulfide) groups is 1. The zero-order valence-electron chi connectivity index (χ0n) is 20.0. The lowest BCUT2D eigenvalue weighted by Gasteiger charge is -2.25. The lowest BCUT2D eigenvalue weighted by atomic mass is 10.0. The van der Waals surface area contributed by atoms with Crippen LogP contribution >= 0.6 is 11.8 Å². The van der Waals surface area contributed by atoms with Crippen LogP contribution in [0.2, 0.25) is 0 Å². The van der Waals surface area contributed by atoms with Crippen LogP contribution in [0, 0.1) is 12.7 Å². The summed E-state index contributed by atoms with van der Waals surface area (Å²) in [6.07, 6.45) is 4.53. The number of nitrogens with one attached hydrogen (secondary N) is 1. The van der Waals surface area contributed by atoms with Crippen LogP contribution < -0.4 is 15.8 Å². The topological polar surface area (TPSA) is 124 Å². The van der Waals surface area contributed by atoms with Crippen LogP contribution in [-0.4, -0.2) is 43.3 Å². The third-order valence-electron chi connectivity index (χ3n) is 5.17. The average molecular weight is 532 g/mol. The molecule has 0 amide bonds. The van der Waals surface area contributed by atoms with Crippen molar-refractivity contribution in [1.82, 2.24) is 19.9 Å².